The summed E-state index contributed by atoms with van der Waals surface area (Å²) in [5.74, 6) is 1.78. The maximum absolute atomic E-state index is 9.95. The van der Waals surface area contributed by atoms with Crippen LogP contribution < -0.4 is 9.47 Å². The van der Waals surface area contributed by atoms with Crippen LogP contribution in [0.1, 0.15) is 24.0 Å². The Morgan fingerprint density at radius 1 is 1.43 bits per heavy atom. The Labute approximate surface area is 125 Å². The van der Waals surface area contributed by atoms with Gasteiger partial charge in [-0.1, -0.05) is 12.2 Å². The van der Waals surface area contributed by atoms with E-state index >= 15 is 0 Å². The molecular formula is C17H21NO3. The zero-order valence-electron chi connectivity index (χ0n) is 12.5. The zero-order valence-corrected chi connectivity index (χ0v) is 12.5. The van der Waals surface area contributed by atoms with Gasteiger partial charge < -0.3 is 19.5 Å². The predicted molar refractivity (Wildman–Crippen MR) is 79.8 cm³/mol. The van der Waals surface area contributed by atoms with Crippen LogP contribution in [0.4, 0.5) is 0 Å². The molecule has 0 radical (unpaired) electrons. The Kier molecular flexibility index (Phi) is 2.81. The van der Waals surface area contributed by atoms with Crippen molar-refractivity contribution in [3.8, 4) is 11.5 Å². The van der Waals surface area contributed by atoms with Gasteiger partial charge in [-0.15, -0.1) is 0 Å². The second-order valence-corrected chi connectivity index (χ2v) is 6.46. The smallest absolute Gasteiger partial charge is 0.128 e. The third-order valence-corrected chi connectivity index (χ3v) is 5.12. The highest BCUT2D eigenvalue weighted by molar-refractivity contribution is 5.57. The van der Waals surface area contributed by atoms with Crippen LogP contribution in [0.25, 0.3) is 0 Å². The average Bonchev–Trinajstić information content (AvgIpc) is 2.70. The monoisotopic (exact) mass is 287 g/mol. The molecule has 0 saturated carbocycles. The quantitative estimate of drug-likeness (QED) is 0.801. The number of rotatable bonds is 1. The lowest BCUT2D eigenvalue weighted by Gasteiger charge is -2.35. The molecule has 1 spiro atoms. The van der Waals surface area contributed by atoms with Gasteiger partial charge in [0.1, 0.15) is 17.6 Å². The van der Waals surface area contributed by atoms with Crippen molar-refractivity contribution in [3.05, 3.63) is 35.4 Å². The number of nitrogens with zero attached hydrogens (tertiary/aromatic N) is 1. The van der Waals surface area contributed by atoms with Crippen molar-refractivity contribution >= 4 is 0 Å². The van der Waals surface area contributed by atoms with E-state index in [1.807, 2.05) is 12.1 Å². The molecule has 1 aromatic carbocycles. The van der Waals surface area contributed by atoms with Crippen LogP contribution in [0.15, 0.2) is 24.3 Å². The average molecular weight is 287 g/mol. The van der Waals surface area contributed by atoms with Gasteiger partial charge in [-0.2, -0.15) is 0 Å². The molecule has 0 bridgehead atoms. The number of ether oxygens (including phenoxy) is 2. The minimum absolute atomic E-state index is 0.0323. The predicted octanol–water partition coefficient (Wildman–Crippen LogP) is 1.85. The summed E-state index contributed by atoms with van der Waals surface area (Å²) in [6.07, 6.45) is 5.45. The summed E-state index contributed by atoms with van der Waals surface area (Å²) < 4.78 is 11.6. The molecule has 0 fully saturated rings. The topological polar surface area (TPSA) is 41.9 Å². The van der Waals surface area contributed by atoms with Crippen LogP contribution in [0, 0.1) is 0 Å². The van der Waals surface area contributed by atoms with E-state index in [1.165, 1.54) is 11.1 Å². The molecule has 1 N–H and O–H groups in total. The highest BCUT2D eigenvalue weighted by Gasteiger charge is 2.51. The van der Waals surface area contributed by atoms with Gasteiger partial charge in [0, 0.05) is 24.6 Å². The van der Waals surface area contributed by atoms with Gasteiger partial charge in [0.25, 0.3) is 0 Å². The van der Waals surface area contributed by atoms with Crippen LogP contribution in [-0.4, -0.2) is 42.9 Å². The van der Waals surface area contributed by atoms with Gasteiger partial charge >= 0.3 is 0 Å². The minimum atomic E-state index is -0.402. The first-order valence-electron chi connectivity index (χ1n) is 7.56. The lowest BCUT2D eigenvalue weighted by Crippen LogP contribution is -2.42. The van der Waals surface area contributed by atoms with E-state index in [9.17, 15) is 5.11 Å². The molecule has 2 aliphatic heterocycles. The van der Waals surface area contributed by atoms with Gasteiger partial charge in [-0.25, -0.2) is 0 Å². The van der Waals surface area contributed by atoms with Crippen molar-refractivity contribution in [1.82, 2.24) is 4.90 Å². The van der Waals surface area contributed by atoms with Crippen LogP contribution in [-0.2, 0) is 12.0 Å². The molecule has 4 heteroatoms. The lowest BCUT2D eigenvalue weighted by molar-refractivity contribution is 0.0835. The fourth-order valence-electron chi connectivity index (χ4n) is 4.07. The number of aliphatic hydroxyl groups is 1. The second kappa shape index (κ2) is 4.49. The standard InChI is InChI=1S/C17H21NO3/c1-18-6-5-17-4-3-12(19)8-15(17)21-14-9-13(20-2)7-11(10-18)16(14)17/h3-4,7,9,12,15,19H,5-6,8,10H2,1-2H3/t12?,15?,17-/m0/s1. The molecule has 1 aliphatic carbocycles. The van der Waals surface area contributed by atoms with E-state index in [4.69, 9.17) is 9.47 Å². The molecule has 3 aliphatic rings. The Balaban J connectivity index is 1.93. The van der Waals surface area contributed by atoms with Crippen molar-refractivity contribution in [3.63, 3.8) is 0 Å². The molecule has 0 saturated heterocycles. The van der Waals surface area contributed by atoms with Gasteiger partial charge in [-0.05, 0) is 31.6 Å². The largest absolute Gasteiger partial charge is 0.497 e. The van der Waals surface area contributed by atoms with Crippen molar-refractivity contribution in [1.29, 1.82) is 0 Å². The van der Waals surface area contributed by atoms with E-state index in [2.05, 4.69) is 24.1 Å². The molecule has 0 aromatic heterocycles. The fraction of sp³-hybridized carbons (Fsp3) is 0.529. The van der Waals surface area contributed by atoms with Gasteiger partial charge in [0.15, 0.2) is 0 Å². The lowest BCUT2D eigenvalue weighted by atomic mass is 9.69. The number of hydrogen-bond donors (Lipinski definition) is 1. The minimum Gasteiger partial charge on any atom is -0.497 e. The summed E-state index contributed by atoms with van der Waals surface area (Å²) in [6, 6.07) is 4.12. The maximum Gasteiger partial charge on any atom is 0.128 e. The second-order valence-electron chi connectivity index (χ2n) is 6.46. The molecule has 0 amide bonds. The van der Waals surface area contributed by atoms with E-state index < -0.39 is 6.10 Å². The number of methoxy groups -OCH3 is 1. The molecule has 21 heavy (non-hydrogen) atoms. The SMILES string of the molecule is COc1cc2c3c(c1)OC1CC(O)C=C[C@@]31CCN(C)C2. The van der Waals surface area contributed by atoms with Crippen LogP contribution in [0.5, 0.6) is 11.5 Å². The van der Waals surface area contributed by atoms with E-state index in [-0.39, 0.29) is 11.5 Å². The summed E-state index contributed by atoms with van der Waals surface area (Å²) in [5, 5.41) is 9.95. The first-order valence-corrected chi connectivity index (χ1v) is 7.56. The molecule has 1 aromatic rings. The molecule has 2 unspecified atom stereocenters. The summed E-state index contributed by atoms with van der Waals surface area (Å²) in [7, 11) is 3.84. The highest BCUT2D eigenvalue weighted by atomic mass is 16.5. The van der Waals surface area contributed by atoms with Crippen LogP contribution in [0.3, 0.4) is 0 Å². The van der Waals surface area contributed by atoms with Crippen molar-refractivity contribution in [2.24, 2.45) is 0 Å². The van der Waals surface area contributed by atoms with E-state index in [0.717, 1.165) is 31.0 Å². The molecular weight excluding hydrogens is 266 g/mol. The Hall–Kier alpha value is -1.52. The maximum atomic E-state index is 9.95. The molecule has 4 rings (SSSR count). The van der Waals surface area contributed by atoms with Crippen molar-refractivity contribution in [2.75, 3.05) is 20.7 Å². The summed E-state index contributed by atoms with van der Waals surface area (Å²) in [5.41, 5.74) is 2.51. The summed E-state index contributed by atoms with van der Waals surface area (Å²) in [6.45, 7) is 1.94. The van der Waals surface area contributed by atoms with Gasteiger partial charge in [-0.3, -0.25) is 0 Å². The Bertz CT molecular complexity index is 612. The molecule has 3 atom stereocenters. The van der Waals surface area contributed by atoms with Crippen molar-refractivity contribution < 1.29 is 14.6 Å². The van der Waals surface area contributed by atoms with E-state index in [0.29, 0.717) is 6.42 Å². The van der Waals surface area contributed by atoms with Crippen LogP contribution in [0.2, 0.25) is 0 Å². The van der Waals surface area contributed by atoms with Gasteiger partial charge in [0.2, 0.25) is 0 Å². The van der Waals surface area contributed by atoms with E-state index in [1.54, 1.807) is 7.11 Å². The molecule has 4 nitrogen and oxygen atoms in total. The number of benzene rings is 1. The molecule has 2 heterocycles. The number of hydrogen-bond acceptors (Lipinski definition) is 4. The van der Waals surface area contributed by atoms with Crippen molar-refractivity contribution in [2.45, 2.75) is 37.0 Å². The highest BCUT2D eigenvalue weighted by Crippen LogP contribution is 2.53. The third kappa shape index (κ3) is 1.82. The Morgan fingerprint density at radius 2 is 2.29 bits per heavy atom. The first kappa shape index (κ1) is 13.2. The van der Waals surface area contributed by atoms with Gasteiger partial charge in [0.05, 0.1) is 18.6 Å². The molecule has 112 valence electrons. The fourth-order valence-corrected chi connectivity index (χ4v) is 4.07. The zero-order chi connectivity index (χ0) is 14.6. The summed E-state index contributed by atoms with van der Waals surface area (Å²) in [4.78, 5) is 2.35. The Morgan fingerprint density at radius 3 is 3.10 bits per heavy atom. The normalized spacial score (nSPS) is 33.9. The van der Waals surface area contributed by atoms with Crippen LogP contribution >= 0.6 is 0 Å². The number of aliphatic hydroxyl groups excluding tert-OH is 1. The third-order valence-electron chi connectivity index (χ3n) is 5.12. The summed E-state index contributed by atoms with van der Waals surface area (Å²) >= 11 is 0. The first-order chi connectivity index (χ1) is 10.1.